The Kier molecular flexibility index (Phi) is 15.5. The number of hydrogen-bond acceptors (Lipinski definition) is 6. The van der Waals surface area contributed by atoms with Gasteiger partial charge in [-0.15, -0.1) is 0 Å². The Hall–Kier alpha value is -2.54. The fraction of sp³-hybridized carbons (Fsp3) is 0.500. The van der Waals surface area contributed by atoms with Crippen molar-refractivity contribution in [2.24, 2.45) is 15.9 Å². The maximum absolute atomic E-state index is 5.74. The molecule has 1 N–H and O–H groups in total. The van der Waals surface area contributed by atoms with Gasteiger partial charge in [0, 0.05) is 24.8 Å². The standard InChI is InChI=1S/C28H43N3O3/c1-7-9-19-30-34-22-18-27(29-23-32-20-14-15-21-33-28(4,5)6)26(8-2)31-24(3)25-16-12-10-11-13-17-25/h7-13,16-18,23,25,30H,14-15,19-22H2,1-6H3/b9-7+,26-8+,27-18+,29-23+,31-24+. The summed E-state index contributed by atoms with van der Waals surface area (Å²) in [6.45, 7) is 14.5. The summed E-state index contributed by atoms with van der Waals surface area (Å²) in [6.07, 6.45) is 23.5. The molecule has 0 aromatic heterocycles. The van der Waals surface area contributed by atoms with Crippen molar-refractivity contribution in [1.82, 2.24) is 5.48 Å². The number of hydrogen-bond donors (Lipinski definition) is 1. The molecule has 6 heteroatoms. The van der Waals surface area contributed by atoms with Crippen molar-refractivity contribution in [3.05, 3.63) is 72.2 Å². The SMILES string of the molecule is C/C=C/CNOC/C=C(/N=C/OCCCCOC(C)(C)C)C(=C/C)\N=C(/C)C1C=CC=CC=C1. The lowest BCUT2D eigenvalue weighted by atomic mass is 10.0. The molecular weight excluding hydrogens is 426 g/mol. The van der Waals surface area contributed by atoms with Gasteiger partial charge in [0.1, 0.15) is 0 Å². The van der Waals surface area contributed by atoms with Crippen molar-refractivity contribution in [3.63, 3.8) is 0 Å². The highest BCUT2D eigenvalue weighted by atomic mass is 16.6. The first kappa shape index (κ1) is 29.5. The van der Waals surface area contributed by atoms with Crippen molar-refractivity contribution in [2.75, 3.05) is 26.4 Å². The Bertz CT molecular complexity index is 793. The highest BCUT2D eigenvalue weighted by Crippen LogP contribution is 2.17. The summed E-state index contributed by atoms with van der Waals surface area (Å²) < 4.78 is 11.4. The zero-order valence-corrected chi connectivity index (χ0v) is 21.8. The van der Waals surface area contributed by atoms with Gasteiger partial charge >= 0.3 is 0 Å². The monoisotopic (exact) mass is 469 g/mol. The van der Waals surface area contributed by atoms with Gasteiger partial charge in [-0.2, -0.15) is 5.48 Å². The molecule has 0 radical (unpaired) electrons. The average molecular weight is 470 g/mol. The molecule has 0 fully saturated rings. The summed E-state index contributed by atoms with van der Waals surface area (Å²) in [4.78, 5) is 14.9. The Labute approximate surface area is 206 Å². The molecule has 0 atom stereocenters. The highest BCUT2D eigenvalue weighted by Gasteiger charge is 2.10. The molecule has 0 saturated heterocycles. The number of unbranched alkanes of at least 4 members (excludes halogenated alkanes) is 1. The van der Waals surface area contributed by atoms with Crippen molar-refractivity contribution in [2.45, 2.75) is 60.0 Å². The number of ether oxygens (including phenoxy) is 2. The molecule has 0 amide bonds. The Morgan fingerprint density at radius 3 is 2.35 bits per heavy atom. The summed E-state index contributed by atoms with van der Waals surface area (Å²) in [6, 6.07) is 0. The Morgan fingerprint density at radius 1 is 1.00 bits per heavy atom. The van der Waals surface area contributed by atoms with Gasteiger partial charge < -0.3 is 9.47 Å². The molecule has 0 spiro atoms. The van der Waals surface area contributed by atoms with E-state index >= 15 is 0 Å². The zero-order valence-electron chi connectivity index (χ0n) is 21.8. The summed E-state index contributed by atoms with van der Waals surface area (Å²) in [5.41, 5.74) is 5.25. The van der Waals surface area contributed by atoms with E-state index in [1.54, 1.807) is 0 Å². The molecular formula is C28H43N3O3. The minimum Gasteiger partial charge on any atom is -0.483 e. The number of nitrogens with zero attached hydrogens (tertiary/aromatic N) is 2. The van der Waals surface area contributed by atoms with Gasteiger partial charge in [-0.05, 0) is 60.5 Å². The second-order valence-electron chi connectivity index (χ2n) is 8.70. The molecule has 6 nitrogen and oxygen atoms in total. The van der Waals surface area contributed by atoms with Crippen molar-refractivity contribution in [1.29, 1.82) is 0 Å². The topological polar surface area (TPSA) is 64.4 Å². The van der Waals surface area contributed by atoms with Crippen LogP contribution in [-0.2, 0) is 14.3 Å². The first-order chi connectivity index (χ1) is 16.4. The van der Waals surface area contributed by atoms with Crippen LogP contribution in [0.3, 0.4) is 0 Å². The lowest BCUT2D eigenvalue weighted by Gasteiger charge is -2.19. The van der Waals surface area contributed by atoms with E-state index < -0.39 is 0 Å². The molecule has 0 bridgehead atoms. The van der Waals surface area contributed by atoms with Gasteiger partial charge in [-0.1, -0.05) is 54.7 Å². The number of hydroxylamine groups is 1. The van der Waals surface area contributed by atoms with E-state index in [9.17, 15) is 0 Å². The van der Waals surface area contributed by atoms with Crippen LogP contribution < -0.4 is 5.48 Å². The molecule has 0 aliphatic heterocycles. The van der Waals surface area contributed by atoms with Gasteiger partial charge in [-0.25, -0.2) is 4.99 Å². The van der Waals surface area contributed by atoms with Gasteiger partial charge in [0.25, 0.3) is 0 Å². The third kappa shape index (κ3) is 14.6. The number of rotatable bonds is 15. The molecule has 1 aliphatic carbocycles. The molecule has 1 aliphatic rings. The quantitative estimate of drug-likeness (QED) is 0.0766. The molecule has 1 rings (SSSR count). The normalized spacial score (nSPS) is 16.2. The van der Waals surface area contributed by atoms with Crippen LogP contribution in [0.2, 0.25) is 0 Å². The third-order valence-corrected chi connectivity index (χ3v) is 4.64. The second kappa shape index (κ2) is 17.9. The average Bonchev–Trinajstić information content (AvgIpc) is 3.09. The predicted molar refractivity (Wildman–Crippen MR) is 144 cm³/mol. The van der Waals surface area contributed by atoms with Crippen molar-refractivity contribution >= 4 is 12.1 Å². The molecule has 0 unspecified atom stereocenters. The third-order valence-electron chi connectivity index (χ3n) is 4.64. The lowest BCUT2D eigenvalue weighted by Crippen LogP contribution is -2.19. The van der Waals surface area contributed by atoms with Crippen LogP contribution in [-0.4, -0.2) is 44.1 Å². The molecule has 0 heterocycles. The largest absolute Gasteiger partial charge is 0.483 e. The molecule has 0 saturated carbocycles. The summed E-state index contributed by atoms with van der Waals surface area (Å²) in [5.74, 6) is 0.139. The number of aliphatic imine (C=N–C) groups is 2. The Balaban J connectivity index is 2.75. The van der Waals surface area contributed by atoms with Crippen molar-refractivity contribution < 1.29 is 14.3 Å². The van der Waals surface area contributed by atoms with Gasteiger partial charge in [0.2, 0.25) is 0 Å². The Morgan fingerprint density at radius 2 is 1.71 bits per heavy atom. The van der Waals surface area contributed by atoms with Crippen LogP contribution in [0, 0.1) is 5.92 Å². The van der Waals surface area contributed by atoms with Crippen LogP contribution in [0.1, 0.15) is 54.4 Å². The second-order valence-corrected chi connectivity index (χ2v) is 8.70. The smallest absolute Gasteiger partial charge is 0.174 e. The van der Waals surface area contributed by atoms with E-state index in [0.717, 1.165) is 30.9 Å². The first-order valence-corrected chi connectivity index (χ1v) is 12.0. The van der Waals surface area contributed by atoms with E-state index in [0.29, 0.717) is 25.5 Å². The molecule has 0 aromatic carbocycles. The van der Waals surface area contributed by atoms with Crippen LogP contribution in [0.15, 0.2) is 82.1 Å². The van der Waals surface area contributed by atoms with E-state index in [1.807, 2.05) is 69.4 Å². The van der Waals surface area contributed by atoms with Crippen LogP contribution in [0.4, 0.5) is 0 Å². The number of allylic oxidation sites excluding steroid dienone is 8. The van der Waals surface area contributed by atoms with Crippen LogP contribution in [0.25, 0.3) is 0 Å². The maximum Gasteiger partial charge on any atom is 0.174 e. The minimum atomic E-state index is -0.105. The predicted octanol–water partition coefficient (Wildman–Crippen LogP) is 6.27. The number of nitrogens with one attached hydrogen (secondary N) is 1. The van der Waals surface area contributed by atoms with E-state index in [1.165, 1.54) is 6.40 Å². The van der Waals surface area contributed by atoms with Crippen molar-refractivity contribution in [3.8, 4) is 0 Å². The zero-order chi connectivity index (χ0) is 25.1. The fourth-order valence-corrected chi connectivity index (χ4v) is 2.81. The summed E-state index contributed by atoms with van der Waals surface area (Å²) in [5, 5.41) is 0. The molecule has 188 valence electrons. The molecule has 0 aromatic rings. The van der Waals surface area contributed by atoms with Gasteiger partial charge in [0.15, 0.2) is 6.40 Å². The molecule has 34 heavy (non-hydrogen) atoms. The van der Waals surface area contributed by atoms with Gasteiger partial charge in [-0.3, -0.25) is 9.83 Å². The van der Waals surface area contributed by atoms with Crippen LogP contribution in [0.5, 0.6) is 0 Å². The van der Waals surface area contributed by atoms with E-state index in [2.05, 4.69) is 43.4 Å². The first-order valence-electron chi connectivity index (χ1n) is 12.0. The summed E-state index contributed by atoms with van der Waals surface area (Å²) in [7, 11) is 0. The fourth-order valence-electron chi connectivity index (χ4n) is 2.81. The van der Waals surface area contributed by atoms with Crippen LogP contribution >= 0.6 is 0 Å². The highest BCUT2D eigenvalue weighted by molar-refractivity contribution is 5.89. The van der Waals surface area contributed by atoms with E-state index in [-0.39, 0.29) is 11.5 Å². The summed E-state index contributed by atoms with van der Waals surface area (Å²) >= 11 is 0. The maximum atomic E-state index is 5.74. The van der Waals surface area contributed by atoms with E-state index in [4.69, 9.17) is 19.3 Å². The lowest BCUT2D eigenvalue weighted by molar-refractivity contribution is -0.00559. The minimum absolute atomic E-state index is 0.105. The van der Waals surface area contributed by atoms with Gasteiger partial charge in [0.05, 0.1) is 30.2 Å².